The van der Waals surface area contributed by atoms with Gasteiger partial charge in [-0.05, 0) is 46.2 Å². The van der Waals surface area contributed by atoms with E-state index in [2.05, 4.69) is 23.7 Å². The molecular formula is C19H32N4O2S. The first-order chi connectivity index (χ1) is 12.5. The van der Waals surface area contributed by atoms with Gasteiger partial charge in [0.05, 0.1) is 5.75 Å². The lowest BCUT2D eigenvalue weighted by atomic mass is 10.2. The third-order valence-electron chi connectivity index (χ3n) is 5.18. The molecule has 1 aromatic heterocycles. The molecule has 0 atom stereocenters. The maximum Gasteiger partial charge on any atom is 0.348 e. The van der Waals surface area contributed by atoms with E-state index in [4.69, 9.17) is 0 Å². The lowest BCUT2D eigenvalue weighted by Gasteiger charge is -2.21. The van der Waals surface area contributed by atoms with E-state index in [-0.39, 0.29) is 11.6 Å². The van der Waals surface area contributed by atoms with Crippen LogP contribution in [0.5, 0.6) is 0 Å². The Kier molecular flexibility index (Phi) is 8.15. The van der Waals surface area contributed by atoms with Crippen molar-refractivity contribution in [2.24, 2.45) is 0 Å². The summed E-state index contributed by atoms with van der Waals surface area (Å²) in [6, 6.07) is 0. The molecule has 0 unspecified atom stereocenters. The van der Waals surface area contributed by atoms with E-state index in [0.717, 1.165) is 49.6 Å². The molecule has 0 saturated carbocycles. The van der Waals surface area contributed by atoms with Crippen LogP contribution in [0.1, 0.15) is 45.4 Å². The summed E-state index contributed by atoms with van der Waals surface area (Å²) in [6.07, 6.45) is 2.95. The fourth-order valence-corrected chi connectivity index (χ4v) is 4.49. The van der Waals surface area contributed by atoms with E-state index >= 15 is 0 Å². The molecule has 26 heavy (non-hydrogen) atoms. The van der Waals surface area contributed by atoms with Gasteiger partial charge in [0, 0.05) is 37.4 Å². The van der Waals surface area contributed by atoms with Crippen LogP contribution in [0.3, 0.4) is 0 Å². The summed E-state index contributed by atoms with van der Waals surface area (Å²) < 4.78 is 1.86. The quantitative estimate of drug-likeness (QED) is 0.459. The standard InChI is InChI=1S/C19H32N4O2S/c1-5-21(6-2)12-13-23-16-11-9-10-15(16)18(20-19(23)25)26-14-17(24)22(7-3)8-4/h5-14H2,1-4H3. The fourth-order valence-electron chi connectivity index (χ4n) is 3.52. The maximum atomic E-state index is 12.6. The molecule has 146 valence electrons. The van der Waals surface area contributed by atoms with E-state index in [1.54, 1.807) is 0 Å². The third kappa shape index (κ3) is 4.88. The highest BCUT2D eigenvalue weighted by Crippen LogP contribution is 2.29. The van der Waals surface area contributed by atoms with Crippen LogP contribution in [0.4, 0.5) is 0 Å². The van der Waals surface area contributed by atoms with Crippen LogP contribution in [0, 0.1) is 0 Å². The highest BCUT2D eigenvalue weighted by molar-refractivity contribution is 7.99. The zero-order chi connectivity index (χ0) is 19.1. The summed E-state index contributed by atoms with van der Waals surface area (Å²) in [4.78, 5) is 33.3. The number of aromatic nitrogens is 2. The number of fused-ring (bicyclic) bond motifs is 1. The molecule has 0 bridgehead atoms. The van der Waals surface area contributed by atoms with Crippen LogP contribution in [-0.4, -0.2) is 63.7 Å². The molecule has 6 nitrogen and oxygen atoms in total. The largest absolute Gasteiger partial charge is 0.348 e. The van der Waals surface area contributed by atoms with Gasteiger partial charge in [-0.3, -0.25) is 9.36 Å². The molecule has 0 radical (unpaired) electrons. The summed E-state index contributed by atoms with van der Waals surface area (Å²) >= 11 is 1.42. The molecule has 1 aromatic rings. The summed E-state index contributed by atoms with van der Waals surface area (Å²) in [5.74, 6) is 0.462. The fraction of sp³-hybridized carbons (Fsp3) is 0.737. The number of hydrogen-bond donors (Lipinski definition) is 0. The highest BCUT2D eigenvalue weighted by atomic mass is 32.2. The van der Waals surface area contributed by atoms with E-state index < -0.39 is 0 Å². The number of amides is 1. The minimum absolute atomic E-state index is 0.110. The van der Waals surface area contributed by atoms with Crippen molar-refractivity contribution in [2.45, 2.75) is 58.5 Å². The molecule has 1 amide bonds. The molecule has 0 fully saturated rings. The van der Waals surface area contributed by atoms with Crippen molar-refractivity contribution in [3.05, 3.63) is 21.7 Å². The Morgan fingerprint density at radius 2 is 1.81 bits per heavy atom. The van der Waals surface area contributed by atoms with Crippen LogP contribution in [0.2, 0.25) is 0 Å². The summed E-state index contributed by atoms with van der Waals surface area (Å²) in [6.45, 7) is 13.2. The molecule has 0 spiro atoms. The Morgan fingerprint density at radius 3 is 2.42 bits per heavy atom. The topological polar surface area (TPSA) is 58.4 Å². The SMILES string of the molecule is CCN(CC)CCn1c2c(c(SCC(=O)N(CC)CC)nc1=O)CCC2. The van der Waals surface area contributed by atoms with Gasteiger partial charge in [0.1, 0.15) is 5.03 Å². The van der Waals surface area contributed by atoms with E-state index in [1.165, 1.54) is 17.3 Å². The van der Waals surface area contributed by atoms with Gasteiger partial charge in [-0.1, -0.05) is 25.6 Å². The Balaban J connectivity index is 2.16. The molecule has 0 aliphatic heterocycles. The minimum atomic E-state index is -0.171. The number of carbonyl (C=O) groups is 1. The van der Waals surface area contributed by atoms with Crippen molar-refractivity contribution in [3.8, 4) is 0 Å². The Labute approximate surface area is 161 Å². The first-order valence-electron chi connectivity index (χ1n) is 9.81. The van der Waals surface area contributed by atoms with Crippen LogP contribution >= 0.6 is 11.8 Å². The number of carbonyl (C=O) groups excluding carboxylic acids is 1. The number of hydrogen-bond acceptors (Lipinski definition) is 5. The molecule has 0 aromatic carbocycles. The Hall–Kier alpha value is -1.34. The molecule has 7 heteroatoms. The monoisotopic (exact) mass is 380 g/mol. The Morgan fingerprint density at radius 1 is 1.12 bits per heavy atom. The number of likely N-dealkylation sites (N-methyl/N-ethyl adjacent to an activating group) is 1. The average molecular weight is 381 g/mol. The third-order valence-corrected chi connectivity index (χ3v) is 6.19. The molecule has 0 N–H and O–H groups in total. The van der Waals surface area contributed by atoms with Crippen LogP contribution in [-0.2, 0) is 24.2 Å². The molecular weight excluding hydrogens is 348 g/mol. The molecule has 1 aliphatic rings. The van der Waals surface area contributed by atoms with Gasteiger partial charge < -0.3 is 9.80 Å². The summed E-state index contributed by atoms with van der Waals surface area (Å²) in [5.41, 5.74) is 2.15. The van der Waals surface area contributed by atoms with Gasteiger partial charge in [0.25, 0.3) is 0 Å². The normalized spacial score (nSPS) is 13.3. The second-order valence-electron chi connectivity index (χ2n) is 6.51. The lowest BCUT2D eigenvalue weighted by molar-refractivity contribution is -0.127. The van der Waals surface area contributed by atoms with Crippen molar-refractivity contribution >= 4 is 17.7 Å². The predicted octanol–water partition coefficient (Wildman–Crippen LogP) is 2.03. The van der Waals surface area contributed by atoms with Gasteiger partial charge in [0.2, 0.25) is 5.91 Å². The average Bonchev–Trinajstić information content (AvgIpc) is 3.13. The van der Waals surface area contributed by atoms with E-state index in [1.807, 2.05) is 23.3 Å². The van der Waals surface area contributed by atoms with Crippen molar-refractivity contribution in [1.82, 2.24) is 19.4 Å². The molecule has 2 rings (SSSR count). The molecule has 1 aliphatic carbocycles. The maximum absolute atomic E-state index is 12.6. The number of thioether (sulfide) groups is 1. The van der Waals surface area contributed by atoms with E-state index in [9.17, 15) is 9.59 Å². The Bertz CT molecular complexity index is 666. The van der Waals surface area contributed by atoms with Crippen molar-refractivity contribution in [1.29, 1.82) is 0 Å². The number of nitrogens with zero attached hydrogens (tertiary/aromatic N) is 4. The second kappa shape index (κ2) is 10.1. The van der Waals surface area contributed by atoms with Gasteiger partial charge in [-0.15, -0.1) is 0 Å². The van der Waals surface area contributed by atoms with E-state index in [0.29, 0.717) is 25.4 Å². The molecule has 1 heterocycles. The van der Waals surface area contributed by atoms with Gasteiger partial charge in [0.15, 0.2) is 0 Å². The van der Waals surface area contributed by atoms with Crippen LogP contribution < -0.4 is 5.69 Å². The smallest absolute Gasteiger partial charge is 0.343 e. The van der Waals surface area contributed by atoms with Gasteiger partial charge >= 0.3 is 5.69 Å². The zero-order valence-corrected chi connectivity index (χ0v) is 17.4. The van der Waals surface area contributed by atoms with Crippen molar-refractivity contribution < 1.29 is 4.79 Å². The van der Waals surface area contributed by atoms with Crippen molar-refractivity contribution in [2.75, 3.05) is 38.5 Å². The number of rotatable bonds is 10. The van der Waals surface area contributed by atoms with Crippen molar-refractivity contribution in [3.63, 3.8) is 0 Å². The predicted molar refractivity (Wildman–Crippen MR) is 107 cm³/mol. The lowest BCUT2D eigenvalue weighted by Crippen LogP contribution is -2.34. The second-order valence-corrected chi connectivity index (χ2v) is 7.48. The summed E-state index contributed by atoms with van der Waals surface area (Å²) in [5, 5.41) is 0.766. The highest BCUT2D eigenvalue weighted by Gasteiger charge is 2.23. The van der Waals surface area contributed by atoms with Gasteiger partial charge in [-0.25, -0.2) is 4.79 Å². The minimum Gasteiger partial charge on any atom is -0.343 e. The first-order valence-corrected chi connectivity index (χ1v) is 10.8. The van der Waals surface area contributed by atoms with Crippen LogP contribution in [0.25, 0.3) is 0 Å². The first kappa shape index (κ1) is 21.0. The van der Waals surface area contributed by atoms with Gasteiger partial charge in [-0.2, -0.15) is 4.98 Å². The zero-order valence-electron chi connectivity index (χ0n) is 16.6. The summed E-state index contributed by atoms with van der Waals surface area (Å²) in [7, 11) is 0. The molecule has 0 saturated heterocycles. The van der Waals surface area contributed by atoms with Crippen LogP contribution in [0.15, 0.2) is 9.82 Å².